The first-order valence-corrected chi connectivity index (χ1v) is 9.93. The zero-order valence-corrected chi connectivity index (χ0v) is 19.7. The van der Waals surface area contributed by atoms with Gasteiger partial charge in [0.15, 0.2) is 0 Å². The van der Waals surface area contributed by atoms with Gasteiger partial charge in [0, 0.05) is 65.2 Å². The number of hydrogen-bond acceptors (Lipinski definition) is 5. The van der Waals surface area contributed by atoms with Gasteiger partial charge in [-0.05, 0) is 24.3 Å². The lowest BCUT2D eigenvalue weighted by atomic mass is 10.1. The minimum absolute atomic E-state index is 0.431. The van der Waals surface area contributed by atoms with Gasteiger partial charge in [0.25, 0.3) is 0 Å². The summed E-state index contributed by atoms with van der Waals surface area (Å²) in [6, 6.07) is 13.2. The lowest BCUT2D eigenvalue weighted by Crippen LogP contribution is -2.35. The number of ether oxygens (including phenoxy) is 2. The normalized spacial score (nSPS) is 11.0. The Balaban J connectivity index is 2.30. The molecule has 8 nitrogen and oxygen atoms in total. The van der Waals surface area contributed by atoms with Gasteiger partial charge in [-0.15, -0.1) is 0 Å². The summed E-state index contributed by atoms with van der Waals surface area (Å²) in [5, 5.41) is 0. The topological polar surface area (TPSA) is 62.3 Å². The van der Waals surface area contributed by atoms with Crippen molar-refractivity contribution in [1.82, 2.24) is 14.3 Å². The van der Waals surface area contributed by atoms with Crippen molar-refractivity contribution < 1.29 is 19.1 Å². The van der Waals surface area contributed by atoms with Crippen LogP contribution in [0.4, 0.5) is 21.0 Å². The van der Waals surface area contributed by atoms with Gasteiger partial charge in [-0.1, -0.05) is 6.07 Å². The average Bonchev–Trinajstić information content (AvgIpc) is 2.68. The number of carbonyl (C=O) groups is 2. The number of nitrogens with zero attached hydrogens (tertiary/aromatic N) is 4. The summed E-state index contributed by atoms with van der Waals surface area (Å²) in [7, 11) is 14.7. The van der Waals surface area contributed by atoms with E-state index in [0.717, 1.165) is 16.9 Å². The highest BCUT2D eigenvalue weighted by molar-refractivity contribution is 5.72. The molecular weight excluding hydrogens is 396 g/mol. The van der Waals surface area contributed by atoms with E-state index >= 15 is 0 Å². The van der Waals surface area contributed by atoms with Crippen molar-refractivity contribution in [1.29, 1.82) is 0 Å². The second-order valence-corrected chi connectivity index (χ2v) is 8.68. The summed E-state index contributed by atoms with van der Waals surface area (Å²) in [5.74, 6) is 0.981. The summed E-state index contributed by atoms with van der Waals surface area (Å²) < 4.78 is 11.6. The summed E-state index contributed by atoms with van der Waals surface area (Å²) in [6.45, 7) is 0.499. The van der Waals surface area contributed by atoms with Crippen LogP contribution in [0.1, 0.15) is 5.56 Å². The minimum Gasteiger partial charge on any atom is -0.410 e. The molecule has 0 aliphatic rings. The van der Waals surface area contributed by atoms with Crippen LogP contribution in [0.25, 0.3) is 0 Å². The predicted octanol–water partition coefficient (Wildman–Crippen LogP) is 3.64. The van der Waals surface area contributed by atoms with E-state index < -0.39 is 12.2 Å². The Morgan fingerprint density at radius 1 is 0.839 bits per heavy atom. The Morgan fingerprint density at radius 3 is 2.03 bits per heavy atom. The van der Waals surface area contributed by atoms with Crippen LogP contribution < -0.4 is 18.9 Å². The number of benzene rings is 2. The maximum absolute atomic E-state index is 12.2. The van der Waals surface area contributed by atoms with E-state index in [0.29, 0.717) is 22.5 Å². The fourth-order valence-corrected chi connectivity index (χ4v) is 2.69. The van der Waals surface area contributed by atoms with Crippen molar-refractivity contribution in [2.45, 2.75) is 6.54 Å². The van der Waals surface area contributed by atoms with Crippen molar-refractivity contribution >= 4 is 23.6 Å². The maximum atomic E-state index is 12.2. The molecule has 2 amide bonds. The molecule has 2 aromatic rings. The molecule has 0 unspecified atom stereocenters. The zero-order valence-electron chi connectivity index (χ0n) is 19.7. The molecule has 0 radical (unpaired) electrons. The van der Waals surface area contributed by atoms with Crippen LogP contribution in [0.2, 0.25) is 0 Å². The fourth-order valence-electron chi connectivity index (χ4n) is 2.69. The van der Waals surface area contributed by atoms with Gasteiger partial charge in [-0.25, -0.2) is 9.59 Å². The van der Waals surface area contributed by atoms with Gasteiger partial charge in [0.2, 0.25) is 0 Å². The van der Waals surface area contributed by atoms with Crippen molar-refractivity contribution in [3.05, 3.63) is 48.0 Å². The molecule has 2 aromatic carbocycles. The molecule has 0 aliphatic heterocycles. The first-order valence-electron chi connectivity index (χ1n) is 9.93. The van der Waals surface area contributed by atoms with Crippen LogP contribution in [0, 0.1) is 0 Å². The van der Waals surface area contributed by atoms with Crippen LogP contribution in [-0.4, -0.2) is 78.4 Å². The summed E-state index contributed by atoms with van der Waals surface area (Å²) in [5.41, 5.74) is 2.75. The molecule has 8 heteroatoms. The van der Waals surface area contributed by atoms with Gasteiger partial charge in [-0.3, -0.25) is 4.48 Å². The molecular formula is C23H33N4O4+. The molecule has 0 saturated carbocycles. The van der Waals surface area contributed by atoms with E-state index in [1.807, 2.05) is 42.3 Å². The molecule has 0 aliphatic carbocycles. The smallest absolute Gasteiger partial charge is 0.410 e. The Kier molecular flexibility index (Phi) is 7.51. The third-order valence-corrected chi connectivity index (χ3v) is 4.62. The molecule has 0 spiro atoms. The van der Waals surface area contributed by atoms with Crippen molar-refractivity contribution in [3.8, 4) is 11.5 Å². The standard InChI is InChI=1S/C23H33N4O4/c1-24(2)22(28)30-20-11-9-10-18(14-20)26(5)16-17-12-13-19(27(6,7)8)15-21(17)31-23(29)25(3)4/h9-15H,16H2,1-8H3/q+1. The van der Waals surface area contributed by atoms with E-state index in [1.165, 1.54) is 9.80 Å². The number of anilines is 1. The van der Waals surface area contributed by atoms with Crippen molar-refractivity contribution in [3.63, 3.8) is 0 Å². The number of rotatable bonds is 6. The molecule has 0 fully saturated rings. The van der Waals surface area contributed by atoms with E-state index in [1.54, 1.807) is 40.3 Å². The lowest BCUT2D eigenvalue weighted by molar-refractivity contribution is 0.171. The molecule has 2 rings (SSSR count). The average molecular weight is 430 g/mol. The number of hydrogen-bond donors (Lipinski definition) is 0. The van der Waals surface area contributed by atoms with Gasteiger partial charge < -0.3 is 24.2 Å². The van der Waals surface area contributed by atoms with E-state index in [4.69, 9.17) is 9.47 Å². The maximum Gasteiger partial charge on any atom is 0.414 e. The number of quaternary nitrogens is 1. The minimum atomic E-state index is -0.436. The second-order valence-electron chi connectivity index (χ2n) is 8.68. The number of amides is 2. The second kappa shape index (κ2) is 9.70. The van der Waals surface area contributed by atoms with Gasteiger partial charge >= 0.3 is 12.2 Å². The highest BCUT2D eigenvalue weighted by atomic mass is 16.6. The summed E-state index contributed by atoms with van der Waals surface area (Å²) >= 11 is 0. The Labute approximate surface area is 184 Å². The molecule has 0 heterocycles. The number of carbonyl (C=O) groups excluding carboxylic acids is 2. The molecule has 0 bridgehead atoms. The predicted molar refractivity (Wildman–Crippen MR) is 124 cm³/mol. The van der Waals surface area contributed by atoms with E-state index in [2.05, 4.69) is 21.1 Å². The quantitative estimate of drug-likeness (QED) is 0.656. The SMILES string of the molecule is CN(C)C(=O)Oc1cccc(N(C)Cc2ccc([N+](C)(C)C)cc2OC(=O)N(C)C)c1. The van der Waals surface area contributed by atoms with Gasteiger partial charge in [-0.2, -0.15) is 0 Å². The van der Waals surface area contributed by atoms with Gasteiger partial charge in [0.05, 0.1) is 21.1 Å². The van der Waals surface area contributed by atoms with Crippen LogP contribution >= 0.6 is 0 Å². The van der Waals surface area contributed by atoms with Gasteiger partial charge in [0.1, 0.15) is 17.2 Å². The summed E-state index contributed by atoms with van der Waals surface area (Å²) in [4.78, 5) is 28.8. The summed E-state index contributed by atoms with van der Waals surface area (Å²) in [6.07, 6.45) is -0.867. The molecule has 168 valence electrons. The molecule has 0 N–H and O–H groups in total. The van der Waals surface area contributed by atoms with Crippen molar-refractivity contribution in [2.75, 3.05) is 61.3 Å². The lowest BCUT2D eigenvalue weighted by Gasteiger charge is -2.26. The highest BCUT2D eigenvalue weighted by Crippen LogP contribution is 2.30. The third kappa shape index (κ3) is 6.62. The molecule has 0 saturated heterocycles. The molecule has 0 atom stereocenters. The van der Waals surface area contributed by atoms with E-state index in [9.17, 15) is 9.59 Å². The first kappa shape index (κ1) is 24.0. The van der Waals surface area contributed by atoms with Crippen LogP contribution in [-0.2, 0) is 6.54 Å². The third-order valence-electron chi connectivity index (χ3n) is 4.62. The Morgan fingerprint density at radius 2 is 1.45 bits per heavy atom. The van der Waals surface area contributed by atoms with E-state index in [-0.39, 0.29) is 0 Å². The molecule has 31 heavy (non-hydrogen) atoms. The fraction of sp³-hybridized carbons (Fsp3) is 0.391. The first-order chi connectivity index (χ1) is 14.4. The largest absolute Gasteiger partial charge is 0.414 e. The van der Waals surface area contributed by atoms with Crippen LogP contribution in [0.5, 0.6) is 11.5 Å². The van der Waals surface area contributed by atoms with Crippen LogP contribution in [0.15, 0.2) is 42.5 Å². The zero-order chi connectivity index (χ0) is 23.3. The van der Waals surface area contributed by atoms with Crippen molar-refractivity contribution in [2.24, 2.45) is 0 Å². The Bertz CT molecular complexity index is 935. The van der Waals surface area contributed by atoms with Crippen LogP contribution in [0.3, 0.4) is 0 Å². The Hall–Kier alpha value is -3.26. The highest BCUT2D eigenvalue weighted by Gasteiger charge is 2.19. The monoisotopic (exact) mass is 429 g/mol. The molecule has 0 aromatic heterocycles.